The highest BCUT2D eigenvalue weighted by atomic mass is 14.1. The third kappa shape index (κ3) is 2.40. The Bertz CT molecular complexity index is 455. The van der Waals surface area contributed by atoms with Crippen molar-refractivity contribution < 1.29 is 0 Å². The molecule has 0 spiro atoms. The van der Waals surface area contributed by atoms with Gasteiger partial charge in [-0.25, -0.2) is 0 Å². The first-order chi connectivity index (χ1) is 7.63. The van der Waals surface area contributed by atoms with Gasteiger partial charge in [0.05, 0.1) is 0 Å². The lowest BCUT2D eigenvalue weighted by Crippen LogP contribution is -1.90. The molecule has 0 aliphatic rings. The summed E-state index contributed by atoms with van der Waals surface area (Å²) in [5, 5.41) is 0. The van der Waals surface area contributed by atoms with Gasteiger partial charge in [0, 0.05) is 0 Å². The van der Waals surface area contributed by atoms with Crippen LogP contribution in [0.3, 0.4) is 0 Å². The van der Waals surface area contributed by atoms with Crippen molar-refractivity contribution >= 4 is 24.3 Å². The van der Waals surface area contributed by atoms with Crippen LogP contribution < -0.4 is 0 Å². The SMILES string of the molecule is C=Cc1ccc(C=C(C)C)c(C=C)c1C=C. The van der Waals surface area contributed by atoms with Crippen LogP contribution in [-0.2, 0) is 0 Å². The summed E-state index contributed by atoms with van der Waals surface area (Å²) in [4.78, 5) is 0. The van der Waals surface area contributed by atoms with E-state index in [0.29, 0.717) is 0 Å². The first-order valence-electron chi connectivity index (χ1n) is 5.33. The molecule has 0 unspecified atom stereocenters. The van der Waals surface area contributed by atoms with E-state index in [1.54, 1.807) is 0 Å². The fourth-order valence-corrected chi connectivity index (χ4v) is 1.74. The van der Waals surface area contributed by atoms with Gasteiger partial charge in [0.25, 0.3) is 0 Å². The maximum atomic E-state index is 3.87. The predicted molar refractivity (Wildman–Crippen MR) is 76.0 cm³/mol. The minimum atomic E-state index is 1.09. The maximum absolute atomic E-state index is 3.87. The Labute approximate surface area is 98.3 Å². The Morgan fingerprint density at radius 1 is 0.875 bits per heavy atom. The van der Waals surface area contributed by atoms with Gasteiger partial charge >= 0.3 is 0 Å². The van der Waals surface area contributed by atoms with E-state index in [2.05, 4.69) is 51.8 Å². The third-order valence-electron chi connectivity index (χ3n) is 2.43. The zero-order valence-electron chi connectivity index (χ0n) is 10.1. The Kier molecular flexibility index (Phi) is 4.07. The molecule has 0 N–H and O–H groups in total. The van der Waals surface area contributed by atoms with Crippen molar-refractivity contribution in [2.24, 2.45) is 0 Å². The summed E-state index contributed by atoms with van der Waals surface area (Å²) in [7, 11) is 0. The molecular weight excluding hydrogens is 192 g/mol. The van der Waals surface area contributed by atoms with Crippen LogP contribution in [0.2, 0.25) is 0 Å². The lowest BCUT2D eigenvalue weighted by atomic mass is 9.95. The normalized spacial score (nSPS) is 9.38. The zero-order chi connectivity index (χ0) is 12.1. The molecular formula is C16H18. The van der Waals surface area contributed by atoms with Crippen molar-refractivity contribution in [2.45, 2.75) is 13.8 Å². The molecule has 0 aliphatic carbocycles. The molecule has 1 aromatic carbocycles. The van der Waals surface area contributed by atoms with Crippen LogP contribution in [0.5, 0.6) is 0 Å². The van der Waals surface area contributed by atoms with Crippen LogP contribution in [0.1, 0.15) is 36.1 Å². The van der Waals surface area contributed by atoms with Crippen LogP contribution in [0.15, 0.2) is 37.4 Å². The predicted octanol–water partition coefficient (Wildman–Crippen LogP) is 5.04. The van der Waals surface area contributed by atoms with Crippen molar-refractivity contribution in [3.63, 3.8) is 0 Å². The van der Waals surface area contributed by atoms with Gasteiger partial charge in [-0.15, -0.1) is 0 Å². The lowest BCUT2D eigenvalue weighted by Gasteiger charge is -2.10. The molecule has 0 atom stereocenters. The Balaban J connectivity index is 3.55. The van der Waals surface area contributed by atoms with Crippen LogP contribution >= 0.6 is 0 Å². The van der Waals surface area contributed by atoms with Crippen LogP contribution in [0, 0.1) is 0 Å². The van der Waals surface area contributed by atoms with Gasteiger partial charge in [0.1, 0.15) is 0 Å². The Hall–Kier alpha value is -1.82. The van der Waals surface area contributed by atoms with E-state index in [0.717, 1.165) is 16.7 Å². The van der Waals surface area contributed by atoms with Crippen molar-refractivity contribution in [2.75, 3.05) is 0 Å². The van der Waals surface area contributed by atoms with Gasteiger partial charge < -0.3 is 0 Å². The minimum Gasteiger partial charge on any atom is -0.0984 e. The molecule has 0 radical (unpaired) electrons. The summed E-state index contributed by atoms with van der Waals surface area (Å²) < 4.78 is 0. The Morgan fingerprint density at radius 2 is 1.38 bits per heavy atom. The largest absolute Gasteiger partial charge is 0.0984 e. The molecule has 1 aromatic rings. The Morgan fingerprint density at radius 3 is 1.81 bits per heavy atom. The fraction of sp³-hybridized carbons (Fsp3) is 0.125. The molecule has 0 heteroatoms. The first-order valence-corrected chi connectivity index (χ1v) is 5.33. The average Bonchev–Trinajstić information content (AvgIpc) is 2.27. The molecule has 82 valence electrons. The zero-order valence-corrected chi connectivity index (χ0v) is 10.1. The topological polar surface area (TPSA) is 0 Å². The number of hydrogen-bond acceptors (Lipinski definition) is 0. The standard InChI is InChI=1S/C16H18/c1-6-13-9-10-14(11-12(4)5)16(8-3)15(13)7-2/h6-11H,1-3H2,4-5H3. The van der Waals surface area contributed by atoms with E-state index in [-0.39, 0.29) is 0 Å². The van der Waals surface area contributed by atoms with E-state index < -0.39 is 0 Å². The van der Waals surface area contributed by atoms with Gasteiger partial charge in [-0.05, 0) is 36.1 Å². The van der Waals surface area contributed by atoms with Gasteiger partial charge in [-0.1, -0.05) is 61.7 Å². The molecule has 1 rings (SSSR count). The van der Waals surface area contributed by atoms with Crippen LogP contribution in [0.4, 0.5) is 0 Å². The summed E-state index contributed by atoms with van der Waals surface area (Å²) in [5.41, 5.74) is 5.75. The van der Waals surface area contributed by atoms with Crippen molar-refractivity contribution in [3.8, 4) is 0 Å². The molecule has 0 aliphatic heterocycles. The first kappa shape index (κ1) is 12.3. The van der Waals surface area contributed by atoms with Gasteiger partial charge in [-0.3, -0.25) is 0 Å². The summed E-state index contributed by atoms with van der Waals surface area (Å²) in [5.74, 6) is 0. The molecule has 0 nitrogen and oxygen atoms in total. The van der Waals surface area contributed by atoms with E-state index in [4.69, 9.17) is 0 Å². The average molecular weight is 210 g/mol. The second-order valence-corrected chi connectivity index (χ2v) is 3.91. The van der Waals surface area contributed by atoms with Gasteiger partial charge in [0.15, 0.2) is 0 Å². The molecule has 16 heavy (non-hydrogen) atoms. The number of hydrogen-bond donors (Lipinski definition) is 0. The smallest absolute Gasteiger partial charge is 0.0112 e. The second-order valence-electron chi connectivity index (χ2n) is 3.91. The molecule has 0 saturated carbocycles. The third-order valence-corrected chi connectivity index (χ3v) is 2.43. The van der Waals surface area contributed by atoms with Crippen LogP contribution in [-0.4, -0.2) is 0 Å². The van der Waals surface area contributed by atoms with Gasteiger partial charge in [0.2, 0.25) is 0 Å². The number of allylic oxidation sites excluding steroid dienone is 1. The molecule has 0 heterocycles. The highest BCUT2D eigenvalue weighted by molar-refractivity contribution is 5.78. The van der Waals surface area contributed by atoms with E-state index in [9.17, 15) is 0 Å². The summed E-state index contributed by atoms with van der Waals surface area (Å²) in [6, 6.07) is 4.15. The minimum absolute atomic E-state index is 1.09. The molecule has 0 aromatic heterocycles. The molecule has 0 fully saturated rings. The van der Waals surface area contributed by atoms with Crippen LogP contribution in [0.25, 0.3) is 24.3 Å². The summed E-state index contributed by atoms with van der Waals surface area (Å²) in [6.07, 6.45) is 7.72. The highest BCUT2D eigenvalue weighted by Gasteiger charge is 2.05. The van der Waals surface area contributed by atoms with Crippen molar-refractivity contribution in [1.82, 2.24) is 0 Å². The quantitative estimate of drug-likeness (QED) is 0.653. The number of rotatable bonds is 4. The summed E-state index contributed by atoms with van der Waals surface area (Å²) in [6.45, 7) is 15.7. The molecule has 0 bridgehead atoms. The van der Waals surface area contributed by atoms with Crippen molar-refractivity contribution in [3.05, 3.63) is 59.7 Å². The highest BCUT2D eigenvalue weighted by Crippen LogP contribution is 2.24. The number of benzene rings is 1. The van der Waals surface area contributed by atoms with Crippen molar-refractivity contribution in [1.29, 1.82) is 0 Å². The van der Waals surface area contributed by atoms with E-state index >= 15 is 0 Å². The summed E-state index contributed by atoms with van der Waals surface area (Å²) >= 11 is 0. The molecule has 0 saturated heterocycles. The van der Waals surface area contributed by atoms with Gasteiger partial charge in [-0.2, -0.15) is 0 Å². The van der Waals surface area contributed by atoms with E-state index in [1.165, 1.54) is 11.1 Å². The molecule has 0 amide bonds. The fourth-order valence-electron chi connectivity index (χ4n) is 1.74. The maximum Gasteiger partial charge on any atom is -0.0112 e. The van der Waals surface area contributed by atoms with E-state index in [1.807, 2.05) is 18.2 Å². The lowest BCUT2D eigenvalue weighted by molar-refractivity contribution is 1.41. The monoisotopic (exact) mass is 210 g/mol. The second kappa shape index (κ2) is 5.32.